The molecule has 0 aliphatic heterocycles. The van der Waals surface area contributed by atoms with Gasteiger partial charge in [-0.3, -0.25) is 4.79 Å². The van der Waals surface area contributed by atoms with Gasteiger partial charge < -0.3 is 9.73 Å². The Bertz CT molecular complexity index is 1060. The van der Waals surface area contributed by atoms with Crippen LogP contribution in [-0.2, 0) is 0 Å². The van der Waals surface area contributed by atoms with Gasteiger partial charge in [0, 0.05) is 5.39 Å². The van der Waals surface area contributed by atoms with E-state index in [0.717, 1.165) is 21.6 Å². The summed E-state index contributed by atoms with van der Waals surface area (Å²) in [5, 5.41) is 8.36. The number of benzene rings is 1. The Balaban J connectivity index is 1.66. The summed E-state index contributed by atoms with van der Waals surface area (Å²) in [6.45, 7) is 3.76. The first-order valence-corrected chi connectivity index (χ1v) is 8.94. The van der Waals surface area contributed by atoms with E-state index in [9.17, 15) is 9.18 Å². The molecule has 7 heteroatoms. The van der Waals surface area contributed by atoms with Gasteiger partial charge in [-0.05, 0) is 56.3 Å². The second-order valence-electron chi connectivity index (χ2n) is 6.01. The molecular weight excluding hydrogens is 353 g/mol. The van der Waals surface area contributed by atoms with Crippen LogP contribution in [0.4, 0.5) is 4.39 Å². The van der Waals surface area contributed by atoms with Crippen molar-refractivity contribution in [1.29, 1.82) is 0 Å². The quantitative estimate of drug-likeness (QED) is 0.571. The lowest BCUT2D eigenvalue weighted by Gasteiger charge is -2.10. The molecule has 0 spiro atoms. The monoisotopic (exact) mass is 369 g/mol. The first-order chi connectivity index (χ1) is 12.5. The van der Waals surface area contributed by atoms with Gasteiger partial charge in [0.2, 0.25) is 0 Å². The number of rotatable bonds is 4. The first kappa shape index (κ1) is 16.5. The molecule has 3 heterocycles. The number of furan rings is 1. The molecule has 1 N–H and O–H groups in total. The van der Waals surface area contributed by atoms with Gasteiger partial charge in [-0.15, -0.1) is 11.3 Å². The molecular formula is C19H16FN3O2S. The average Bonchev–Trinajstić information content (AvgIpc) is 3.34. The van der Waals surface area contributed by atoms with Crippen molar-refractivity contribution in [1.82, 2.24) is 15.1 Å². The maximum absolute atomic E-state index is 13.2. The highest BCUT2D eigenvalue weighted by Gasteiger charge is 2.19. The van der Waals surface area contributed by atoms with Crippen LogP contribution in [0.3, 0.4) is 0 Å². The molecule has 0 radical (unpaired) electrons. The lowest BCUT2D eigenvalue weighted by Crippen LogP contribution is -2.25. The summed E-state index contributed by atoms with van der Waals surface area (Å²) in [5.41, 5.74) is 1.57. The predicted molar refractivity (Wildman–Crippen MR) is 98.2 cm³/mol. The molecule has 0 unspecified atom stereocenters. The number of aromatic nitrogens is 2. The third-order valence-corrected chi connectivity index (χ3v) is 5.27. The van der Waals surface area contributed by atoms with Gasteiger partial charge in [0.1, 0.15) is 16.4 Å². The molecule has 0 fully saturated rings. The topological polar surface area (TPSA) is 60.1 Å². The summed E-state index contributed by atoms with van der Waals surface area (Å²) in [7, 11) is 0. The van der Waals surface area contributed by atoms with Crippen molar-refractivity contribution in [3.63, 3.8) is 0 Å². The Hall–Kier alpha value is -2.93. The zero-order chi connectivity index (χ0) is 18.3. The highest BCUT2D eigenvalue weighted by atomic mass is 32.1. The number of amides is 1. The number of halogens is 1. The molecule has 0 aliphatic carbocycles. The van der Waals surface area contributed by atoms with Crippen LogP contribution in [0, 0.1) is 12.7 Å². The summed E-state index contributed by atoms with van der Waals surface area (Å²) in [5.74, 6) is 0.236. The van der Waals surface area contributed by atoms with Crippen molar-refractivity contribution in [2.24, 2.45) is 0 Å². The Morgan fingerprint density at radius 2 is 2.08 bits per heavy atom. The van der Waals surface area contributed by atoms with Crippen molar-refractivity contribution in [2.75, 3.05) is 0 Å². The lowest BCUT2D eigenvalue weighted by atomic mass is 10.2. The molecule has 0 aliphatic rings. The second-order valence-corrected chi connectivity index (χ2v) is 7.04. The van der Waals surface area contributed by atoms with E-state index in [-0.39, 0.29) is 17.8 Å². The third kappa shape index (κ3) is 2.90. The van der Waals surface area contributed by atoms with Crippen LogP contribution in [0.5, 0.6) is 0 Å². The SMILES string of the molecule is Cc1nn(-c2ccc(F)cc2)c2sc(C(=O)N[C@H](C)c3ccco3)cc12. The summed E-state index contributed by atoms with van der Waals surface area (Å²) in [4.78, 5) is 14.0. The van der Waals surface area contributed by atoms with Gasteiger partial charge in [0.05, 0.1) is 28.6 Å². The lowest BCUT2D eigenvalue weighted by molar-refractivity contribution is 0.0939. The van der Waals surface area contributed by atoms with Crippen molar-refractivity contribution in [2.45, 2.75) is 19.9 Å². The van der Waals surface area contributed by atoms with Crippen molar-refractivity contribution >= 4 is 27.5 Å². The molecule has 1 amide bonds. The average molecular weight is 369 g/mol. The molecule has 0 saturated carbocycles. The largest absolute Gasteiger partial charge is 0.467 e. The summed E-state index contributed by atoms with van der Waals surface area (Å²) < 4.78 is 20.2. The Morgan fingerprint density at radius 3 is 2.77 bits per heavy atom. The smallest absolute Gasteiger partial charge is 0.262 e. The summed E-state index contributed by atoms with van der Waals surface area (Å²) in [6.07, 6.45) is 1.58. The molecule has 26 heavy (non-hydrogen) atoms. The summed E-state index contributed by atoms with van der Waals surface area (Å²) in [6, 6.07) is 11.4. The van der Waals surface area contributed by atoms with Crippen LogP contribution in [0.15, 0.2) is 53.1 Å². The number of hydrogen-bond acceptors (Lipinski definition) is 4. The number of nitrogens with one attached hydrogen (secondary N) is 1. The van der Waals surface area contributed by atoms with Gasteiger partial charge in [-0.25, -0.2) is 9.07 Å². The van der Waals surface area contributed by atoms with E-state index in [1.165, 1.54) is 23.5 Å². The van der Waals surface area contributed by atoms with E-state index in [1.54, 1.807) is 29.1 Å². The maximum atomic E-state index is 13.2. The van der Waals surface area contributed by atoms with Crippen LogP contribution in [0.1, 0.15) is 34.1 Å². The minimum Gasteiger partial charge on any atom is -0.467 e. The highest BCUT2D eigenvalue weighted by Crippen LogP contribution is 2.30. The number of fused-ring (bicyclic) bond motifs is 1. The Kier molecular flexibility index (Phi) is 4.08. The minimum atomic E-state index is -0.299. The predicted octanol–water partition coefficient (Wildman–Crippen LogP) is 4.62. The molecule has 1 atom stereocenters. The fraction of sp³-hybridized carbons (Fsp3) is 0.158. The molecule has 5 nitrogen and oxygen atoms in total. The van der Waals surface area contributed by atoms with E-state index in [2.05, 4.69) is 10.4 Å². The minimum absolute atomic E-state index is 0.167. The van der Waals surface area contributed by atoms with Crippen LogP contribution < -0.4 is 5.32 Å². The van der Waals surface area contributed by atoms with E-state index < -0.39 is 0 Å². The Labute approximate surface area is 153 Å². The van der Waals surface area contributed by atoms with Crippen LogP contribution in [0.2, 0.25) is 0 Å². The van der Waals surface area contributed by atoms with Gasteiger partial charge >= 0.3 is 0 Å². The fourth-order valence-electron chi connectivity index (χ4n) is 2.79. The van der Waals surface area contributed by atoms with Crippen molar-refractivity contribution in [3.8, 4) is 5.69 Å². The van der Waals surface area contributed by atoms with Gasteiger partial charge in [-0.2, -0.15) is 5.10 Å². The van der Waals surface area contributed by atoms with Crippen molar-refractivity contribution < 1.29 is 13.6 Å². The molecule has 0 saturated heterocycles. The molecule has 4 aromatic rings. The fourth-order valence-corrected chi connectivity index (χ4v) is 3.88. The zero-order valence-corrected chi connectivity index (χ0v) is 15.0. The number of carbonyl (C=O) groups is 1. The number of aryl methyl sites for hydroxylation is 1. The van der Waals surface area contributed by atoms with Gasteiger partial charge in [0.15, 0.2) is 0 Å². The first-order valence-electron chi connectivity index (χ1n) is 8.12. The Morgan fingerprint density at radius 1 is 1.31 bits per heavy atom. The van der Waals surface area contributed by atoms with Crippen LogP contribution >= 0.6 is 11.3 Å². The molecule has 3 aromatic heterocycles. The van der Waals surface area contributed by atoms with E-state index in [4.69, 9.17) is 4.42 Å². The van der Waals surface area contributed by atoms with E-state index in [1.807, 2.05) is 26.0 Å². The molecule has 4 rings (SSSR count). The molecule has 1 aromatic carbocycles. The number of thiophene rings is 1. The van der Waals surface area contributed by atoms with E-state index >= 15 is 0 Å². The highest BCUT2D eigenvalue weighted by molar-refractivity contribution is 7.20. The van der Waals surface area contributed by atoms with Crippen LogP contribution in [0.25, 0.3) is 15.9 Å². The number of nitrogens with zero attached hydrogens (tertiary/aromatic N) is 2. The third-order valence-electron chi connectivity index (χ3n) is 4.16. The standard InChI is InChI=1S/C19H16FN3O2S/c1-11-15-10-17(18(24)21-12(2)16-4-3-9-25-16)26-19(15)23(22-11)14-7-5-13(20)6-8-14/h3-10,12H,1-2H3,(H,21,24)/t12-/m1/s1. The van der Waals surface area contributed by atoms with E-state index in [0.29, 0.717) is 10.6 Å². The second kappa shape index (κ2) is 6.42. The number of hydrogen-bond donors (Lipinski definition) is 1. The molecule has 132 valence electrons. The van der Waals surface area contributed by atoms with Gasteiger partial charge in [-0.1, -0.05) is 0 Å². The van der Waals surface area contributed by atoms with Crippen LogP contribution in [-0.4, -0.2) is 15.7 Å². The normalized spacial score (nSPS) is 12.4. The molecule has 0 bridgehead atoms. The maximum Gasteiger partial charge on any atom is 0.262 e. The summed E-state index contributed by atoms with van der Waals surface area (Å²) >= 11 is 1.36. The van der Waals surface area contributed by atoms with Crippen molar-refractivity contribution in [3.05, 3.63) is 70.9 Å². The van der Waals surface area contributed by atoms with Gasteiger partial charge in [0.25, 0.3) is 5.91 Å². The number of carbonyl (C=O) groups excluding carboxylic acids is 1. The zero-order valence-electron chi connectivity index (χ0n) is 14.2.